The SMILES string of the molecule is COc1cncc(C=CCCN2CCCC2c2cc(C)no2)c1. The molecule has 2 aromatic rings. The van der Waals surface area contributed by atoms with Crippen LogP contribution in [0, 0.1) is 6.92 Å². The fourth-order valence-electron chi connectivity index (χ4n) is 3.05. The molecule has 1 aliphatic heterocycles. The second kappa shape index (κ2) is 7.42. The molecule has 5 nitrogen and oxygen atoms in total. The summed E-state index contributed by atoms with van der Waals surface area (Å²) < 4.78 is 10.6. The van der Waals surface area contributed by atoms with Crippen molar-refractivity contribution in [3.63, 3.8) is 0 Å². The van der Waals surface area contributed by atoms with Gasteiger partial charge in [-0.3, -0.25) is 9.88 Å². The highest BCUT2D eigenvalue weighted by Crippen LogP contribution is 2.32. The van der Waals surface area contributed by atoms with Gasteiger partial charge in [-0.15, -0.1) is 0 Å². The summed E-state index contributed by atoms with van der Waals surface area (Å²) in [4.78, 5) is 6.64. The van der Waals surface area contributed by atoms with Crippen LogP contribution in [0.2, 0.25) is 0 Å². The number of methoxy groups -OCH3 is 1. The number of ether oxygens (including phenoxy) is 1. The minimum Gasteiger partial charge on any atom is -0.495 e. The fraction of sp³-hybridized carbons (Fsp3) is 0.444. The van der Waals surface area contributed by atoms with Crippen LogP contribution in [-0.4, -0.2) is 35.2 Å². The van der Waals surface area contributed by atoms with E-state index in [1.807, 2.05) is 19.2 Å². The van der Waals surface area contributed by atoms with E-state index in [4.69, 9.17) is 9.26 Å². The van der Waals surface area contributed by atoms with Gasteiger partial charge in [-0.1, -0.05) is 17.3 Å². The quantitative estimate of drug-likeness (QED) is 0.815. The number of rotatable bonds is 6. The van der Waals surface area contributed by atoms with Gasteiger partial charge in [0.15, 0.2) is 5.76 Å². The Morgan fingerprint density at radius 3 is 3.09 bits per heavy atom. The van der Waals surface area contributed by atoms with Gasteiger partial charge in [-0.05, 0) is 44.4 Å². The summed E-state index contributed by atoms with van der Waals surface area (Å²) in [5.74, 6) is 1.79. The lowest BCUT2D eigenvalue weighted by Gasteiger charge is -2.21. The van der Waals surface area contributed by atoms with Crippen LogP contribution in [0.3, 0.4) is 0 Å². The third kappa shape index (κ3) is 3.99. The molecule has 0 amide bonds. The van der Waals surface area contributed by atoms with Crippen molar-refractivity contribution in [2.45, 2.75) is 32.2 Å². The fourth-order valence-corrected chi connectivity index (χ4v) is 3.05. The molecule has 0 bridgehead atoms. The van der Waals surface area contributed by atoms with Gasteiger partial charge < -0.3 is 9.26 Å². The maximum atomic E-state index is 5.45. The van der Waals surface area contributed by atoms with Crippen LogP contribution in [0.5, 0.6) is 5.75 Å². The van der Waals surface area contributed by atoms with Crippen molar-refractivity contribution in [3.05, 3.63) is 47.6 Å². The Morgan fingerprint density at radius 2 is 2.30 bits per heavy atom. The molecule has 0 saturated carbocycles. The van der Waals surface area contributed by atoms with Gasteiger partial charge >= 0.3 is 0 Å². The van der Waals surface area contributed by atoms with Crippen molar-refractivity contribution < 1.29 is 9.26 Å². The van der Waals surface area contributed by atoms with Gasteiger partial charge in [0.1, 0.15) is 5.75 Å². The number of likely N-dealkylation sites (tertiary alicyclic amines) is 1. The van der Waals surface area contributed by atoms with Crippen LogP contribution in [0.15, 0.2) is 35.1 Å². The smallest absolute Gasteiger partial charge is 0.154 e. The number of hydrogen-bond donors (Lipinski definition) is 0. The molecular weight excluding hydrogens is 290 g/mol. The maximum Gasteiger partial charge on any atom is 0.154 e. The van der Waals surface area contributed by atoms with Crippen LogP contribution in [0.25, 0.3) is 6.08 Å². The van der Waals surface area contributed by atoms with Gasteiger partial charge in [-0.25, -0.2) is 0 Å². The standard InChI is InChI=1S/C18H23N3O2/c1-14-10-18(23-20-14)17-7-5-9-21(17)8-4-3-6-15-11-16(22-2)13-19-12-15/h3,6,10-13,17H,4-5,7-9H2,1-2H3. The van der Waals surface area contributed by atoms with Crippen molar-refractivity contribution in [1.82, 2.24) is 15.0 Å². The summed E-state index contributed by atoms with van der Waals surface area (Å²) >= 11 is 0. The average Bonchev–Trinajstić information content (AvgIpc) is 3.20. The Balaban J connectivity index is 1.54. The lowest BCUT2D eigenvalue weighted by molar-refractivity contribution is 0.217. The Hall–Kier alpha value is -2.14. The molecule has 0 aliphatic carbocycles. The molecule has 122 valence electrons. The summed E-state index contributed by atoms with van der Waals surface area (Å²) in [6, 6.07) is 4.42. The lowest BCUT2D eigenvalue weighted by Crippen LogP contribution is -2.23. The summed E-state index contributed by atoms with van der Waals surface area (Å²) in [7, 11) is 1.66. The first-order valence-corrected chi connectivity index (χ1v) is 8.09. The highest BCUT2D eigenvalue weighted by atomic mass is 16.5. The van der Waals surface area contributed by atoms with Gasteiger partial charge in [0.25, 0.3) is 0 Å². The van der Waals surface area contributed by atoms with Gasteiger partial charge in [0.2, 0.25) is 0 Å². The number of pyridine rings is 1. The first-order chi connectivity index (χ1) is 11.3. The Bertz CT molecular complexity index is 666. The number of nitrogens with zero attached hydrogens (tertiary/aromatic N) is 3. The highest BCUT2D eigenvalue weighted by molar-refractivity contribution is 5.49. The minimum absolute atomic E-state index is 0.378. The van der Waals surface area contributed by atoms with Crippen LogP contribution < -0.4 is 4.74 Å². The summed E-state index contributed by atoms with van der Waals surface area (Å²) in [5, 5.41) is 4.01. The zero-order valence-corrected chi connectivity index (χ0v) is 13.7. The van der Waals surface area contributed by atoms with E-state index in [1.54, 1.807) is 13.3 Å². The minimum atomic E-state index is 0.378. The second-order valence-corrected chi connectivity index (χ2v) is 5.91. The molecule has 0 radical (unpaired) electrons. The third-order valence-corrected chi connectivity index (χ3v) is 4.20. The molecular formula is C18H23N3O2. The first-order valence-electron chi connectivity index (χ1n) is 8.09. The van der Waals surface area contributed by atoms with Crippen molar-refractivity contribution >= 4 is 6.08 Å². The van der Waals surface area contributed by atoms with E-state index in [-0.39, 0.29) is 0 Å². The molecule has 23 heavy (non-hydrogen) atoms. The molecule has 1 atom stereocenters. The second-order valence-electron chi connectivity index (χ2n) is 5.91. The summed E-state index contributed by atoms with van der Waals surface area (Å²) in [5.41, 5.74) is 2.02. The van der Waals surface area contributed by atoms with E-state index in [0.29, 0.717) is 6.04 Å². The molecule has 5 heteroatoms. The molecule has 3 rings (SSSR count). The molecule has 2 aromatic heterocycles. The average molecular weight is 313 g/mol. The van der Waals surface area contributed by atoms with Gasteiger partial charge in [0.05, 0.1) is 25.0 Å². The molecule has 3 heterocycles. The molecule has 1 aliphatic rings. The van der Waals surface area contributed by atoms with E-state index >= 15 is 0 Å². The monoisotopic (exact) mass is 313 g/mol. The third-order valence-electron chi connectivity index (χ3n) is 4.20. The molecule has 0 aromatic carbocycles. The van der Waals surface area contributed by atoms with Crippen LogP contribution in [0.1, 0.15) is 42.3 Å². The van der Waals surface area contributed by atoms with Crippen molar-refractivity contribution in [2.75, 3.05) is 20.2 Å². The number of aromatic nitrogens is 2. The predicted octanol–water partition coefficient (Wildman–Crippen LogP) is 3.63. The zero-order chi connectivity index (χ0) is 16.1. The normalized spacial score (nSPS) is 18.8. The Morgan fingerprint density at radius 1 is 1.39 bits per heavy atom. The van der Waals surface area contributed by atoms with Crippen LogP contribution in [-0.2, 0) is 0 Å². The Kier molecular flexibility index (Phi) is 5.08. The van der Waals surface area contributed by atoms with E-state index in [1.165, 1.54) is 6.42 Å². The van der Waals surface area contributed by atoms with Crippen molar-refractivity contribution in [2.24, 2.45) is 0 Å². The van der Waals surface area contributed by atoms with E-state index in [2.05, 4.69) is 33.3 Å². The number of aryl methyl sites for hydroxylation is 1. The lowest BCUT2D eigenvalue weighted by atomic mass is 10.1. The number of hydrogen-bond acceptors (Lipinski definition) is 5. The largest absolute Gasteiger partial charge is 0.495 e. The van der Waals surface area contributed by atoms with Crippen LogP contribution in [0.4, 0.5) is 0 Å². The van der Waals surface area contributed by atoms with Crippen molar-refractivity contribution in [1.29, 1.82) is 0 Å². The Labute approximate surface area is 137 Å². The molecule has 0 spiro atoms. The van der Waals surface area contributed by atoms with Crippen molar-refractivity contribution in [3.8, 4) is 5.75 Å². The molecule has 0 N–H and O–H groups in total. The maximum absolute atomic E-state index is 5.45. The topological polar surface area (TPSA) is 51.4 Å². The van der Waals surface area contributed by atoms with E-state index in [9.17, 15) is 0 Å². The van der Waals surface area contributed by atoms with Gasteiger partial charge in [0, 0.05) is 18.8 Å². The van der Waals surface area contributed by atoms with E-state index < -0.39 is 0 Å². The summed E-state index contributed by atoms with van der Waals surface area (Å²) in [6.07, 6.45) is 11.2. The predicted molar refractivity (Wildman–Crippen MR) is 89.2 cm³/mol. The first kappa shape index (κ1) is 15.7. The molecule has 1 fully saturated rings. The van der Waals surface area contributed by atoms with Gasteiger partial charge in [-0.2, -0.15) is 0 Å². The van der Waals surface area contributed by atoms with Crippen LogP contribution >= 0.6 is 0 Å². The summed E-state index contributed by atoms with van der Waals surface area (Å²) in [6.45, 7) is 4.12. The molecule has 1 saturated heterocycles. The van der Waals surface area contributed by atoms with E-state index in [0.717, 1.165) is 48.7 Å². The highest BCUT2D eigenvalue weighted by Gasteiger charge is 2.28. The molecule has 1 unspecified atom stereocenters. The zero-order valence-electron chi connectivity index (χ0n) is 13.7.